The Kier molecular flexibility index (Phi) is 6.77. The van der Waals surface area contributed by atoms with Crippen LogP contribution >= 0.6 is 0 Å². The molecule has 0 spiro atoms. The fourth-order valence-corrected chi connectivity index (χ4v) is 3.11. The SMILES string of the molecule is Cc1ccc(Cn2nc(C)c(CCC(=O)N[C@H](C(=O)O)C(C)C)c2C)cc1. The van der Waals surface area contributed by atoms with Crippen LogP contribution in [0.5, 0.6) is 0 Å². The summed E-state index contributed by atoms with van der Waals surface area (Å²) in [6, 6.07) is 7.50. The molecule has 0 saturated heterocycles. The van der Waals surface area contributed by atoms with Crippen LogP contribution in [0.3, 0.4) is 0 Å². The second-order valence-electron chi connectivity index (χ2n) is 7.42. The summed E-state index contributed by atoms with van der Waals surface area (Å²) < 4.78 is 1.96. The number of benzene rings is 1. The number of aromatic nitrogens is 2. The van der Waals surface area contributed by atoms with Gasteiger partial charge in [0.25, 0.3) is 0 Å². The number of amides is 1. The summed E-state index contributed by atoms with van der Waals surface area (Å²) in [7, 11) is 0. The predicted molar refractivity (Wildman–Crippen MR) is 105 cm³/mol. The third kappa shape index (κ3) is 5.42. The van der Waals surface area contributed by atoms with Crippen molar-refractivity contribution in [2.45, 2.75) is 60.0 Å². The predicted octanol–water partition coefficient (Wildman–Crippen LogP) is 3.01. The maximum absolute atomic E-state index is 12.2. The smallest absolute Gasteiger partial charge is 0.326 e. The van der Waals surface area contributed by atoms with E-state index in [0.717, 1.165) is 17.0 Å². The van der Waals surface area contributed by atoms with E-state index < -0.39 is 12.0 Å². The van der Waals surface area contributed by atoms with E-state index in [1.54, 1.807) is 13.8 Å². The molecule has 0 bridgehead atoms. The van der Waals surface area contributed by atoms with Gasteiger partial charge < -0.3 is 10.4 Å². The first-order chi connectivity index (χ1) is 12.7. The lowest BCUT2D eigenvalue weighted by Crippen LogP contribution is -2.44. The lowest BCUT2D eigenvalue weighted by molar-refractivity contribution is -0.143. The number of nitrogens with one attached hydrogen (secondary N) is 1. The first-order valence-electron chi connectivity index (χ1n) is 9.29. The van der Waals surface area contributed by atoms with Gasteiger partial charge in [0.2, 0.25) is 5.91 Å². The zero-order valence-corrected chi connectivity index (χ0v) is 16.7. The highest BCUT2D eigenvalue weighted by Gasteiger charge is 2.23. The Labute approximate surface area is 160 Å². The van der Waals surface area contributed by atoms with Crippen molar-refractivity contribution in [2.24, 2.45) is 5.92 Å². The van der Waals surface area contributed by atoms with Gasteiger partial charge in [-0.3, -0.25) is 9.48 Å². The van der Waals surface area contributed by atoms with Crippen LogP contribution in [0.2, 0.25) is 0 Å². The minimum Gasteiger partial charge on any atom is -0.480 e. The summed E-state index contributed by atoms with van der Waals surface area (Å²) in [6.45, 7) is 10.3. The van der Waals surface area contributed by atoms with E-state index in [9.17, 15) is 14.7 Å². The maximum atomic E-state index is 12.2. The Morgan fingerprint density at radius 2 is 1.78 bits per heavy atom. The Morgan fingerprint density at radius 3 is 2.33 bits per heavy atom. The van der Waals surface area contributed by atoms with Crippen molar-refractivity contribution in [3.63, 3.8) is 0 Å². The molecular weight excluding hydrogens is 342 g/mol. The van der Waals surface area contributed by atoms with Gasteiger partial charge in [-0.05, 0) is 44.2 Å². The molecule has 2 rings (SSSR count). The van der Waals surface area contributed by atoms with Crippen molar-refractivity contribution in [3.8, 4) is 0 Å². The summed E-state index contributed by atoms with van der Waals surface area (Å²) in [6.07, 6.45) is 0.788. The van der Waals surface area contributed by atoms with Gasteiger partial charge in [-0.25, -0.2) is 4.79 Å². The van der Waals surface area contributed by atoms with Crippen molar-refractivity contribution in [3.05, 3.63) is 52.3 Å². The molecule has 0 unspecified atom stereocenters. The number of hydrogen-bond donors (Lipinski definition) is 2. The number of carbonyl (C=O) groups excluding carboxylic acids is 1. The highest BCUT2D eigenvalue weighted by molar-refractivity contribution is 5.83. The van der Waals surface area contributed by atoms with Gasteiger partial charge in [-0.1, -0.05) is 43.7 Å². The first kappa shape index (κ1) is 20.7. The van der Waals surface area contributed by atoms with Crippen LogP contribution in [0.1, 0.15) is 48.3 Å². The van der Waals surface area contributed by atoms with Gasteiger partial charge in [-0.15, -0.1) is 0 Å². The normalized spacial score (nSPS) is 12.2. The number of aliphatic carboxylic acids is 1. The molecule has 0 aliphatic carbocycles. The quantitative estimate of drug-likeness (QED) is 0.747. The molecule has 0 radical (unpaired) electrons. The van der Waals surface area contributed by atoms with Crippen LogP contribution in [0, 0.1) is 26.7 Å². The molecule has 1 aromatic carbocycles. The molecule has 6 heteroatoms. The van der Waals surface area contributed by atoms with Gasteiger partial charge in [0.05, 0.1) is 12.2 Å². The van der Waals surface area contributed by atoms with E-state index in [-0.39, 0.29) is 18.2 Å². The monoisotopic (exact) mass is 371 g/mol. The second kappa shape index (κ2) is 8.84. The van der Waals surface area contributed by atoms with Crippen LogP contribution in [0.25, 0.3) is 0 Å². The van der Waals surface area contributed by atoms with Crippen molar-refractivity contribution in [2.75, 3.05) is 0 Å². The summed E-state index contributed by atoms with van der Waals surface area (Å²) >= 11 is 0. The van der Waals surface area contributed by atoms with Crippen molar-refractivity contribution in [1.82, 2.24) is 15.1 Å². The molecule has 146 valence electrons. The minimum atomic E-state index is -1.00. The number of nitrogens with zero attached hydrogens (tertiary/aromatic N) is 2. The molecule has 0 saturated carbocycles. The van der Waals surface area contributed by atoms with Gasteiger partial charge in [-0.2, -0.15) is 5.10 Å². The van der Waals surface area contributed by atoms with Crippen LogP contribution in [0.4, 0.5) is 0 Å². The number of rotatable bonds is 8. The standard InChI is InChI=1S/C21H29N3O3/c1-13(2)20(21(26)27)22-19(25)11-10-18-15(4)23-24(16(18)5)12-17-8-6-14(3)7-9-17/h6-9,13,20H,10-12H2,1-5H3,(H,22,25)(H,26,27)/t20-/m0/s1. The van der Waals surface area contributed by atoms with Crippen LogP contribution in [-0.4, -0.2) is 32.8 Å². The summed E-state index contributed by atoms with van der Waals surface area (Å²) in [5.41, 5.74) is 5.40. The van der Waals surface area contributed by atoms with E-state index in [1.807, 2.05) is 18.5 Å². The lowest BCUT2D eigenvalue weighted by atomic mass is 10.0. The highest BCUT2D eigenvalue weighted by atomic mass is 16.4. The molecule has 0 aliphatic heterocycles. The Morgan fingerprint density at radius 1 is 1.15 bits per heavy atom. The molecule has 27 heavy (non-hydrogen) atoms. The first-order valence-corrected chi connectivity index (χ1v) is 9.29. The average Bonchev–Trinajstić information content (AvgIpc) is 2.86. The molecule has 1 aromatic heterocycles. The topological polar surface area (TPSA) is 84.2 Å². The third-order valence-corrected chi connectivity index (χ3v) is 4.84. The van der Waals surface area contributed by atoms with Crippen LogP contribution in [0.15, 0.2) is 24.3 Å². The molecule has 0 aliphatic rings. The zero-order chi connectivity index (χ0) is 20.1. The van der Waals surface area contributed by atoms with Gasteiger partial charge in [0.1, 0.15) is 6.04 Å². The second-order valence-corrected chi connectivity index (χ2v) is 7.42. The van der Waals surface area contributed by atoms with E-state index in [2.05, 4.69) is 41.6 Å². The van der Waals surface area contributed by atoms with E-state index in [0.29, 0.717) is 13.0 Å². The van der Waals surface area contributed by atoms with Crippen LogP contribution < -0.4 is 5.32 Å². The van der Waals surface area contributed by atoms with Crippen LogP contribution in [-0.2, 0) is 22.6 Å². The van der Waals surface area contributed by atoms with Crippen molar-refractivity contribution >= 4 is 11.9 Å². The number of hydrogen-bond acceptors (Lipinski definition) is 3. The molecule has 1 amide bonds. The Balaban J connectivity index is 2.02. The fraction of sp³-hybridized carbons (Fsp3) is 0.476. The average molecular weight is 371 g/mol. The number of aryl methyl sites for hydroxylation is 2. The molecule has 1 atom stereocenters. The fourth-order valence-electron chi connectivity index (χ4n) is 3.11. The van der Waals surface area contributed by atoms with E-state index in [4.69, 9.17) is 0 Å². The molecule has 2 aromatic rings. The zero-order valence-electron chi connectivity index (χ0n) is 16.7. The summed E-state index contributed by atoms with van der Waals surface area (Å²) in [5.74, 6) is -1.41. The molecule has 6 nitrogen and oxygen atoms in total. The Bertz CT molecular complexity index is 807. The number of carboxylic acid groups (broad SMARTS) is 1. The van der Waals surface area contributed by atoms with Crippen molar-refractivity contribution < 1.29 is 14.7 Å². The molecule has 0 fully saturated rings. The van der Waals surface area contributed by atoms with Crippen molar-refractivity contribution in [1.29, 1.82) is 0 Å². The third-order valence-electron chi connectivity index (χ3n) is 4.84. The Hall–Kier alpha value is -2.63. The summed E-state index contributed by atoms with van der Waals surface area (Å²) in [4.78, 5) is 23.4. The number of carbonyl (C=O) groups is 2. The maximum Gasteiger partial charge on any atom is 0.326 e. The molecule has 1 heterocycles. The minimum absolute atomic E-state index is 0.160. The van der Waals surface area contributed by atoms with E-state index in [1.165, 1.54) is 11.1 Å². The molecule has 2 N–H and O–H groups in total. The van der Waals surface area contributed by atoms with E-state index >= 15 is 0 Å². The van der Waals surface area contributed by atoms with Gasteiger partial charge >= 0.3 is 5.97 Å². The molecular formula is C21H29N3O3. The largest absolute Gasteiger partial charge is 0.480 e. The highest BCUT2D eigenvalue weighted by Crippen LogP contribution is 2.17. The number of carboxylic acids is 1. The van der Waals surface area contributed by atoms with Gasteiger partial charge in [0, 0.05) is 12.1 Å². The van der Waals surface area contributed by atoms with Gasteiger partial charge in [0.15, 0.2) is 0 Å². The lowest BCUT2D eigenvalue weighted by Gasteiger charge is -2.17. The summed E-state index contributed by atoms with van der Waals surface area (Å²) in [5, 5.41) is 16.4.